The van der Waals surface area contributed by atoms with Gasteiger partial charge in [-0.2, -0.15) is 8.61 Å². The summed E-state index contributed by atoms with van der Waals surface area (Å²) in [5.41, 5.74) is 2.51. The maximum absolute atomic E-state index is 13.1. The molecule has 1 aliphatic heterocycles. The van der Waals surface area contributed by atoms with Crippen LogP contribution in [0, 0.1) is 0 Å². The van der Waals surface area contributed by atoms with E-state index in [1.165, 1.54) is 36.7 Å². The highest BCUT2D eigenvalue weighted by atomic mass is 32.2. The second-order valence-electron chi connectivity index (χ2n) is 6.61. The van der Waals surface area contributed by atoms with Crippen LogP contribution >= 0.6 is 0 Å². The smallest absolute Gasteiger partial charge is 0.267 e. The van der Waals surface area contributed by atoms with E-state index in [-0.39, 0.29) is 11.4 Å². The van der Waals surface area contributed by atoms with Crippen molar-refractivity contribution < 1.29 is 31.5 Å². The topological polar surface area (TPSA) is 160 Å². The van der Waals surface area contributed by atoms with Gasteiger partial charge in [-0.1, -0.05) is 0 Å². The largest absolute Gasteiger partial charge is 0.457 e. The Labute approximate surface area is 173 Å². The molecule has 2 heterocycles. The van der Waals surface area contributed by atoms with E-state index in [1.54, 1.807) is 12.1 Å². The third-order valence-corrected chi connectivity index (χ3v) is 7.71. The molecule has 1 saturated heterocycles. The van der Waals surface area contributed by atoms with Gasteiger partial charge in [-0.05, 0) is 36.4 Å². The fraction of sp³-hybridized carbons (Fsp3) is 0.294. The van der Waals surface area contributed by atoms with Crippen LogP contribution in [-0.2, 0) is 24.8 Å². The average Bonchev–Trinajstić information content (AvgIpc) is 2.68. The fourth-order valence-corrected chi connectivity index (χ4v) is 5.37. The Morgan fingerprint density at radius 1 is 1.07 bits per heavy atom. The van der Waals surface area contributed by atoms with Gasteiger partial charge in [-0.3, -0.25) is 9.78 Å². The van der Waals surface area contributed by atoms with Crippen LogP contribution in [0.2, 0.25) is 0 Å². The zero-order valence-electron chi connectivity index (χ0n) is 15.9. The molecule has 11 nitrogen and oxygen atoms in total. The molecule has 3 N–H and O–H groups in total. The van der Waals surface area contributed by atoms with E-state index in [1.807, 2.05) is 0 Å². The molecule has 1 aromatic heterocycles. The Hall–Kier alpha value is -2.58. The van der Waals surface area contributed by atoms with Crippen molar-refractivity contribution in [1.82, 2.24) is 13.6 Å². The third kappa shape index (κ3) is 4.29. The second-order valence-corrected chi connectivity index (χ2v) is 10.5. The summed E-state index contributed by atoms with van der Waals surface area (Å²) in [5, 5.41) is 10.7. The summed E-state index contributed by atoms with van der Waals surface area (Å²) in [7, 11) is -8.15. The number of pyridine rings is 1. The lowest BCUT2D eigenvalue weighted by molar-refractivity contribution is -0.155. The van der Waals surface area contributed by atoms with Crippen LogP contribution in [-0.4, -0.2) is 73.1 Å². The van der Waals surface area contributed by atoms with E-state index in [0.29, 0.717) is 15.8 Å². The monoisotopic (exact) mass is 456 g/mol. The van der Waals surface area contributed by atoms with E-state index in [9.17, 15) is 26.7 Å². The molecule has 2 aromatic rings. The predicted octanol–water partition coefficient (Wildman–Crippen LogP) is -0.686. The Morgan fingerprint density at radius 2 is 1.63 bits per heavy atom. The minimum Gasteiger partial charge on any atom is -0.457 e. The lowest BCUT2D eigenvalue weighted by Crippen LogP contribution is -2.69. The number of primary amides is 1. The van der Waals surface area contributed by atoms with E-state index in [4.69, 9.17) is 10.5 Å². The van der Waals surface area contributed by atoms with Crippen LogP contribution in [0.3, 0.4) is 0 Å². The highest BCUT2D eigenvalue weighted by molar-refractivity contribution is 7.89. The first-order chi connectivity index (χ1) is 13.9. The summed E-state index contributed by atoms with van der Waals surface area (Å²) in [6.45, 7) is -1.50. The number of carbonyl (C=O) groups is 1. The number of rotatable bonds is 6. The summed E-state index contributed by atoms with van der Waals surface area (Å²) in [4.78, 5) is 15.6. The molecule has 30 heavy (non-hydrogen) atoms. The molecule has 13 heteroatoms. The summed E-state index contributed by atoms with van der Waals surface area (Å²) in [6.07, 6.45) is 3.96. The maximum Gasteiger partial charge on any atom is 0.267 e. The number of aromatic nitrogens is 1. The van der Waals surface area contributed by atoms with Gasteiger partial charge in [0.25, 0.3) is 5.91 Å². The number of β-amino-alcohol motifs (C(OH)–C–C–N with tert-alkyl or cyclic N) is 1. The molecule has 1 atom stereocenters. The number of sulfonamides is 2. The highest BCUT2D eigenvalue weighted by Gasteiger charge is 2.52. The number of piperazine rings is 1. The molecular weight excluding hydrogens is 436 g/mol. The number of ether oxygens (including phenoxy) is 1. The standard InChI is InChI=1S/C17H20N4O7S2/c1-29(24,25)20-10-11-21(17(23,12-20)16(18)22)30(26,27)15-4-2-13(3-5-15)28-14-6-8-19-9-7-14/h2-9,23H,10-12H2,1H3,(H2,18,22). The van der Waals surface area contributed by atoms with Crippen LogP contribution < -0.4 is 10.5 Å². The predicted molar refractivity (Wildman–Crippen MR) is 105 cm³/mol. The zero-order valence-corrected chi connectivity index (χ0v) is 17.5. The summed E-state index contributed by atoms with van der Waals surface area (Å²) >= 11 is 0. The molecule has 0 spiro atoms. The van der Waals surface area contributed by atoms with E-state index in [2.05, 4.69) is 4.98 Å². The van der Waals surface area contributed by atoms with Gasteiger partial charge in [0.1, 0.15) is 11.5 Å². The van der Waals surface area contributed by atoms with Gasteiger partial charge in [0.15, 0.2) is 0 Å². The fourth-order valence-electron chi connectivity index (χ4n) is 2.94. The SMILES string of the molecule is CS(=O)(=O)N1CCN(S(=O)(=O)c2ccc(Oc3ccncc3)cc2)C(O)(C(N)=O)C1. The van der Waals surface area contributed by atoms with Gasteiger partial charge >= 0.3 is 0 Å². The minimum atomic E-state index is -4.38. The molecule has 1 fully saturated rings. The van der Waals surface area contributed by atoms with Crippen LogP contribution in [0.1, 0.15) is 0 Å². The molecule has 1 aromatic carbocycles. The number of nitrogens with zero attached hydrogens (tertiary/aromatic N) is 3. The van der Waals surface area contributed by atoms with Crippen molar-refractivity contribution >= 4 is 26.0 Å². The van der Waals surface area contributed by atoms with Crippen molar-refractivity contribution in [3.05, 3.63) is 48.8 Å². The molecule has 1 aliphatic rings. The van der Waals surface area contributed by atoms with Gasteiger partial charge in [0, 0.05) is 25.5 Å². The Kier molecular flexibility index (Phi) is 5.84. The van der Waals surface area contributed by atoms with Crippen LogP contribution in [0.4, 0.5) is 0 Å². The molecule has 162 valence electrons. The molecule has 1 unspecified atom stereocenters. The molecule has 0 bridgehead atoms. The van der Waals surface area contributed by atoms with Gasteiger partial charge in [0.2, 0.25) is 25.8 Å². The minimum absolute atomic E-state index is 0.225. The van der Waals surface area contributed by atoms with Gasteiger partial charge in [-0.15, -0.1) is 0 Å². The van der Waals surface area contributed by atoms with Crippen LogP contribution in [0.15, 0.2) is 53.7 Å². The van der Waals surface area contributed by atoms with Crippen molar-refractivity contribution in [3.8, 4) is 11.5 Å². The number of carbonyl (C=O) groups excluding carboxylic acids is 1. The van der Waals surface area contributed by atoms with E-state index >= 15 is 0 Å². The Bertz CT molecular complexity index is 1140. The molecule has 0 saturated carbocycles. The first-order valence-electron chi connectivity index (χ1n) is 8.63. The van der Waals surface area contributed by atoms with Crippen LogP contribution in [0.25, 0.3) is 0 Å². The summed E-state index contributed by atoms with van der Waals surface area (Å²) < 4.78 is 56.6. The number of nitrogens with two attached hydrogens (primary N) is 1. The lowest BCUT2D eigenvalue weighted by Gasteiger charge is -2.43. The van der Waals surface area contributed by atoms with E-state index < -0.39 is 44.8 Å². The molecule has 0 radical (unpaired) electrons. The van der Waals surface area contributed by atoms with Crippen molar-refractivity contribution in [2.75, 3.05) is 25.9 Å². The van der Waals surface area contributed by atoms with Crippen molar-refractivity contribution in [2.45, 2.75) is 10.6 Å². The summed E-state index contributed by atoms with van der Waals surface area (Å²) in [6, 6.07) is 8.55. The zero-order chi connectivity index (χ0) is 22.2. The Balaban J connectivity index is 1.89. The molecule has 0 aliphatic carbocycles. The second kappa shape index (κ2) is 7.92. The number of benzene rings is 1. The van der Waals surface area contributed by atoms with Gasteiger partial charge < -0.3 is 15.6 Å². The van der Waals surface area contributed by atoms with Crippen molar-refractivity contribution in [2.24, 2.45) is 5.73 Å². The first-order valence-corrected chi connectivity index (χ1v) is 11.9. The quantitative estimate of drug-likeness (QED) is 0.578. The first kappa shape index (κ1) is 22.1. The van der Waals surface area contributed by atoms with Crippen molar-refractivity contribution in [1.29, 1.82) is 0 Å². The number of aliphatic hydroxyl groups is 1. The Morgan fingerprint density at radius 3 is 2.17 bits per heavy atom. The number of amides is 1. The number of hydrogen-bond acceptors (Lipinski definition) is 8. The van der Waals surface area contributed by atoms with Gasteiger partial charge in [-0.25, -0.2) is 16.8 Å². The average molecular weight is 457 g/mol. The molecule has 3 rings (SSSR count). The lowest BCUT2D eigenvalue weighted by atomic mass is 10.1. The molecule has 1 amide bonds. The van der Waals surface area contributed by atoms with Crippen molar-refractivity contribution in [3.63, 3.8) is 0 Å². The maximum atomic E-state index is 13.1. The summed E-state index contributed by atoms with van der Waals surface area (Å²) in [5.74, 6) is -0.523. The van der Waals surface area contributed by atoms with E-state index in [0.717, 1.165) is 10.6 Å². The highest BCUT2D eigenvalue weighted by Crippen LogP contribution is 2.30. The van der Waals surface area contributed by atoms with Crippen LogP contribution in [0.5, 0.6) is 11.5 Å². The molecular formula is C17H20N4O7S2. The van der Waals surface area contributed by atoms with Gasteiger partial charge in [0.05, 0.1) is 17.7 Å². The normalized spacial score (nSPS) is 21.3. The number of hydrogen-bond donors (Lipinski definition) is 2. The third-order valence-electron chi connectivity index (χ3n) is 4.52.